The maximum Gasteiger partial charge on any atom is 0.205 e. The SMILES string of the molecule is CC(=O)c1nn(-c2cc(Cl)c(Cl)cc2Cl)c(=N)s1. The van der Waals surface area contributed by atoms with Gasteiger partial charge in [-0.25, -0.2) is 4.68 Å². The lowest BCUT2D eigenvalue weighted by Crippen LogP contribution is -2.13. The van der Waals surface area contributed by atoms with E-state index < -0.39 is 0 Å². The highest BCUT2D eigenvalue weighted by molar-refractivity contribution is 7.10. The summed E-state index contributed by atoms with van der Waals surface area (Å²) in [6, 6.07) is 2.98. The van der Waals surface area contributed by atoms with Crippen LogP contribution in [0.2, 0.25) is 15.1 Å². The molecule has 0 bridgehead atoms. The first-order valence-electron chi connectivity index (χ1n) is 4.70. The fourth-order valence-corrected chi connectivity index (χ4v) is 2.57. The van der Waals surface area contributed by atoms with E-state index in [4.69, 9.17) is 40.2 Å². The molecule has 0 aliphatic heterocycles. The van der Waals surface area contributed by atoms with Crippen LogP contribution in [0.15, 0.2) is 12.1 Å². The molecule has 0 saturated carbocycles. The van der Waals surface area contributed by atoms with Gasteiger partial charge in [-0.05, 0) is 12.1 Å². The Kier molecular flexibility index (Phi) is 3.77. The summed E-state index contributed by atoms with van der Waals surface area (Å²) in [6.07, 6.45) is 0. The molecule has 0 atom stereocenters. The lowest BCUT2D eigenvalue weighted by atomic mass is 10.3. The van der Waals surface area contributed by atoms with Crippen LogP contribution in [0, 0.1) is 5.41 Å². The number of hydrogen-bond acceptors (Lipinski definition) is 4. The van der Waals surface area contributed by atoms with Crippen LogP contribution in [-0.4, -0.2) is 15.6 Å². The van der Waals surface area contributed by atoms with Gasteiger partial charge in [0.25, 0.3) is 0 Å². The number of benzene rings is 1. The zero-order valence-corrected chi connectivity index (χ0v) is 12.1. The van der Waals surface area contributed by atoms with Crippen LogP contribution in [0.5, 0.6) is 0 Å². The molecule has 94 valence electrons. The van der Waals surface area contributed by atoms with E-state index in [1.807, 2.05) is 0 Å². The first-order chi connectivity index (χ1) is 8.40. The van der Waals surface area contributed by atoms with Gasteiger partial charge in [0, 0.05) is 6.92 Å². The van der Waals surface area contributed by atoms with Gasteiger partial charge in [0.1, 0.15) is 0 Å². The quantitative estimate of drug-likeness (QED) is 0.678. The van der Waals surface area contributed by atoms with Crippen LogP contribution in [0.25, 0.3) is 5.69 Å². The van der Waals surface area contributed by atoms with E-state index in [1.165, 1.54) is 23.7 Å². The van der Waals surface area contributed by atoms with E-state index in [9.17, 15) is 4.79 Å². The average molecular weight is 323 g/mol. The van der Waals surface area contributed by atoms with Crippen molar-refractivity contribution in [3.8, 4) is 5.69 Å². The number of Topliss-reactive ketones (excluding diaryl/α,β-unsaturated/α-hetero) is 1. The lowest BCUT2D eigenvalue weighted by molar-refractivity contribution is 0.101. The summed E-state index contributed by atoms with van der Waals surface area (Å²) in [6.45, 7) is 1.39. The number of carbonyl (C=O) groups excluding carboxylic acids is 1. The van der Waals surface area contributed by atoms with E-state index in [0.717, 1.165) is 11.3 Å². The zero-order valence-electron chi connectivity index (χ0n) is 9.00. The maximum absolute atomic E-state index is 11.2. The number of carbonyl (C=O) groups is 1. The molecule has 18 heavy (non-hydrogen) atoms. The van der Waals surface area contributed by atoms with Gasteiger partial charge >= 0.3 is 0 Å². The van der Waals surface area contributed by atoms with Crippen LogP contribution in [0.1, 0.15) is 16.7 Å². The molecule has 0 fully saturated rings. The van der Waals surface area contributed by atoms with Gasteiger partial charge in [-0.1, -0.05) is 46.1 Å². The standard InChI is InChI=1S/C10H6Cl3N3OS/c1-4(17)9-15-16(10(14)18-9)8-3-6(12)5(11)2-7(8)13/h2-3,14H,1H3. The summed E-state index contributed by atoms with van der Waals surface area (Å²) < 4.78 is 1.26. The molecule has 2 aromatic rings. The van der Waals surface area contributed by atoms with Crippen LogP contribution >= 0.6 is 46.1 Å². The van der Waals surface area contributed by atoms with Gasteiger partial charge in [-0.3, -0.25) is 10.2 Å². The van der Waals surface area contributed by atoms with Crippen molar-refractivity contribution in [3.05, 3.63) is 37.0 Å². The van der Waals surface area contributed by atoms with Crippen LogP contribution in [-0.2, 0) is 0 Å². The molecule has 8 heteroatoms. The van der Waals surface area contributed by atoms with E-state index in [0.29, 0.717) is 20.8 Å². The molecule has 0 amide bonds. The Bertz CT molecular complexity index is 692. The van der Waals surface area contributed by atoms with Crippen molar-refractivity contribution >= 4 is 51.9 Å². The number of ketones is 1. The van der Waals surface area contributed by atoms with Gasteiger partial charge in [-0.15, -0.1) is 0 Å². The molecule has 0 radical (unpaired) electrons. The summed E-state index contributed by atoms with van der Waals surface area (Å²) in [5.41, 5.74) is 0.416. The molecule has 0 aliphatic rings. The van der Waals surface area contributed by atoms with Gasteiger partial charge in [0.15, 0.2) is 10.8 Å². The second-order valence-corrected chi connectivity index (χ2v) is 5.60. The minimum atomic E-state index is -0.205. The normalized spacial score (nSPS) is 10.7. The van der Waals surface area contributed by atoms with Crippen LogP contribution in [0.4, 0.5) is 0 Å². The Morgan fingerprint density at radius 3 is 2.44 bits per heavy atom. The zero-order chi connectivity index (χ0) is 13.4. The Balaban J connectivity index is 2.66. The molecule has 1 N–H and O–H groups in total. The van der Waals surface area contributed by atoms with Crippen molar-refractivity contribution in [2.24, 2.45) is 0 Å². The number of hydrogen-bond donors (Lipinski definition) is 1. The lowest BCUT2D eigenvalue weighted by Gasteiger charge is -2.05. The highest BCUT2D eigenvalue weighted by Crippen LogP contribution is 2.30. The fraction of sp³-hybridized carbons (Fsp3) is 0.100. The Labute approximate surface area is 121 Å². The molecular weight excluding hydrogens is 317 g/mol. The number of rotatable bonds is 2. The topological polar surface area (TPSA) is 58.7 Å². The molecule has 0 spiro atoms. The Morgan fingerprint density at radius 2 is 1.89 bits per heavy atom. The van der Waals surface area contributed by atoms with Crippen molar-refractivity contribution in [1.82, 2.24) is 9.78 Å². The molecule has 0 saturated heterocycles. The molecule has 0 unspecified atom stereocenters. The predicted octanol–water partition coefficient (Wildman–Crippen LogP) is 3.58. The predicted molar refractivity (Wildman–Crippen MR) is 72.3 cm³/mol. The van der Waals surface area contributed by atoms with Gasteiger partial charge in [0.2, 0.25) is 4.80 Å². The summed E-state index contributed by atoms with van der Waals surface area (Å²) in [4.78, 5) is 11.3. The third kappa shape index (κ3) is 2.44. The molecule has 0 aliphatic carbocycles. The first-order valence-corrected chi connectivity index (χ1v) is 6.66. The van der Waals surface area contributed by atoms with Gasteiger partial charge in [-0.2, -0.15) is 5.10 Å². The number of nitrogens with one attached hydrogen (secondary N) is 1. The van der Waals surface area contributed by atoms with Crippen molar-refractivity contribution in [2.75, 3.05) is 0 Å². The number of nitrogens with zero attached hydrogens (tertiary/aromatic N) is 2. The van der Waals surface area contributed by atoms with Crippen LogP contribution < -0.4 is 4.80 Å². The van der Waals surface area contributed by atoms with Gasteiger partial charge < -0.3 is 0 Å². The molecular formula is C10H6Cl3N3OS. The molecule has 1 aromatic heterocycles. The fourth-order valence-electron chi connectivity index (χ4n) is 1.27. The maximum atomic E-state index is 11.2. The van der Waals surface area contributed by atoms with E-state index in [2.05, 4.69) is 5.10 Å². The minimum absolute atomic E-state index is 0.0838. The smallest absolute Gasteiger partial charge is 0.205 e. The number of halogens is 3. The van der Waals surface area contributed by atoms with Crippen LogP contribution in [0.3, 0.4) is 0 Å². The van der Waals surface area contributed by atoms with E-state index in [-0.39, 0.29) is 15.6 Å². The van der Waals surface area contributed by atoms with Crippen molar-refractivity contribution in [1.29, 1.82) is 5.41 Å². The number of aromatic nitrogens is 2. The first kappa shape index (κ1) is 13.5. The third-order valence-corrected chi connectivity index (χ3v) is 4.05. The summed E-state index contributed by atoms with van der Waals surface area (Å²) in [5.74, 6) is -0.205. The van der Waals surface area contributed by atoms with Crippen molar-refractivity contribution in [2.45, 2.75) is 6.92 Å². The molecule has 4 nitrogen and oxygen atoms in total. The highest BCUT2D eigenvalue weighted by atomic mass is 35.5. The Hall–Kier alpha value is -0.880. The van der Waals surface area contributed by atoms with Gasteiger partial charge in [0.05, 0.1) is 20.8 Å². The third-order valence-electron chi connectivity index (χ3n) is 2.10. The summed E-state index contributed by atoms with van der Waals surface area (Å²) in [7, 11) is 0. The molecule has 1 heterocycles. The monoisotopic (exact) mass is 321 g/mol. The van der Waals surface area contributed by atoms with Crippen molar-refractivity contribution < 1.29 is 4.79 Å². The van der Waals surface area contributed by atoms with E-state index in [1.54, 1.807) is 0 Å². The Morgan fingerprint density at radius 1 is 1.28 bits per heavy atom. The van der Waals surface area contributed by atoms with E-state index >= 15 is 0 Å². The minimum Gasteiger partial charge on any atom is -0.292 e. The summed E-state index contributed by atoms with van der Waals surface area (Å²) in [5, 5.41) is 13.0. The van der Waals surface area contributed by atoms with Crippen molar-refractivity contribution in [3.63, 3.8) is 0 Å². The average Bonchev–Trinajstić information content (AvgIpc) is 2.66. The summed E-state index contributed by atoms with van der Waals surface area (Å²) >= 11 is 18.7. The highest BCUT2D eigenvalue weighted by Gasteiger charge is 2.13. The second-order valence-electron chi connectivity index (χ2n) is 3.40. The second kappa shape index (κ2) is 5.01. The molecule has 2 rings (SSSR count). The molecule has 1 aromatic carbocycles. The largest absolute Gasteiger partial charge is 0.292 e.